The molecule has 1 unspecified atom stereocenters. The predicted molar refractivity (Wildman–Crippen MR) is 71.2 cm³/mol. The van der Waals surface area contributed by atoms with Gasteiger partial charge in [-0.3, -0.25) is 0 Å². The highest BCUT2D eigenvalue weighted by Gasteiger charge is 2.12. The van der Waals surface area contributed by atoms with Crippen LogP contribution in [0.3, 0.4) is 0 Å². The van der Waals surface area contributed by atoms with E-state index in [2.05, 4.69) is 37.4 Å². The van der Waals surface area contributed by atoms with E-state index in [1.54, 1.807) is 0 Å². The smallest absolute Gasteiger partial charge is 0.0722 e. The van der Waals surface area contributed by atoms with Crippen molar-refractivity contribution in [2.45, 2.75) is 45.8 Å². The van der Waals surface area contributed by atoms with Gasteiger partial charge in [-0.2, -0.15) is 0 Å². The quantitative estimate of drug-likeness (QED) is 0.863. The van der Waals surface area contributed by atoms with Gasteiger partial charge in [0.05, 0.1) is 13.2 Å². The molecule has 2 rings (SSSR count). The summed E-state index contributed by atoms with van der Waals surface area (Å²) < 4.78 is 5.86. The predicted octanol–water partition coefficient (Wildman–Crippen LogP) is 2.96. The average Bonchev–Trinajstić information content (AvgIpc) is 2.34. The molecule has 17 heavy (non-hydrogen) atoms. The van der Waals surface area contributed by atoms with E-state index in [4.69, 9.17) is 4.74 Å². The fourth-order valence-corrected chi connectivity index (χ4v) is 2.45. The summed E-state index contributed by atoms with van der Waals surface area (Å²) in [5.41, 5.74) is 4.02. The lowest BCUT2D eigenvalue weighted by Gasteiger charge is -2.23. The third kappa shape index (κ3) is 3.55. The normalized spacial score (nSPS) is 20.5. The van der Waals surface area contributed by atoms with Gasteiger partial charge in [-0.15, -0.1) is 0 Å². The molecule has 1 atom stereocenters. The van der Waals surface area contributed by atoms with Gasteiger partial charge >= 0.3 is 0 Å². The van der Waals surface area contributed by atoms with Gasteiger partial charge in [-0.1, -0.05) is 24.6 Å². The van der Waals surface area contributed by atoms with Crippen molar-refractivity contribution in [1.82, 2.24) is 5.32 Å². The highest BCUT2D eigenvalue weighted by molar-refractivity contribution is 5.32. The third-order valence-electron chi connectivity index (χ3n) is 3.62. The number of piperidine rings is 1. The minimum atomic E-state index is 0.563. The van der Waals surface area contributed by atoms with Crippen molar-refractivity contribution in [2.24, 2.45) is 0 Å². The maximum atomic E-state index is 5.86. The Labute approximate surface area is 104 Å². The Morgan fingerprint density at radius 2 is 2.00 bits per heavy atom. The molecule has 0 saturated carbocycles. The van der Waals surface area contributed by atoms with E-state index in [-0.39, 0.29) is 0 Å². The molecular weight excluding hydrogens is 210 g/mol. The Kier molecular flexibility index (Phi) is 4.57. The summed E-state index contributed by atoms with van der Waals surface area (Å²) in [6.07, 6.45) is 3.91. The van der Waals surface area contributed by atoms with Crippen LogP contribution in [0.25, 0.3) is 0 Å². The van der Waals surface area contributed by atoms with E-state index in [0.717, 1.165) is 19.8 Å². The largest absolute Gasteiger partial charge is 0.375 e. The van der Waals surface area contributed by atoms with Crippen molar-refractivity contribution < 1.29 is 4.74 Å². The second-order valence-corrected chi connectivity index (χ2v) is 5.03. The van der Waals surface area contributed by atoms with Crippen molar-refractivity contribution in [2.75, 3.05) is 13.2 Å². The van der Waals surface area contributed by atoms with Crippen LogP contribution in [0.1, 0.15) is 36.0 Å². The number of rotatable bonds is 4. The molecule has 0 radical (unpaired) electrons. The summed E-state index contributed by atoms with van der Waals surface area (Å²) in [6, 6.07) is 6.99. The Morgan fingerprint density at radius 1 is 1.24 bits per heavy atom. The van der Waals surface area contributed by atoms with Crippen LogP contribution in [0.5, 0.6) is 0 Å². The molecule has 94 valence electrons. The van der Waals surface area contributed by atoms with Gasteiger partial charge in [-0.25, -0.2) is 0 Å². The molecule has 0 bridgehead atoms. The first kappa shape index (κ1) is 12.6. The molecule has 1 aliphatic heterocycles. The average molecular weight is 233 g/mol. The van der Waals surface area contributed by atoms with E-state index < -0.39 is 0 Å². The zero-order chi connectivity index (χ0) is 12.1. The zero-order valence-corrected chi connectivity index (χ0v) is 11.0. The zero-order valence-electron chi connectivity index (χ0n) is 11.0. The van der Waals surface area contributed by atoms with E-state index in [0.29, 0.717) is 6.04 Å². The van der Waals surface area contributed by atoms with Crippen LogP contribution in [0, 0.1) is 13.8 Å². The van der Waals surface area contributed by atoms with Crippen molar-refractivity contribution in [3.05, 3.63) is 34.9 Å². The molecule has 0 amide bonds. The number of aryl methyl sites for hydroxylation is 2. The third-order valence-corrected chi connectivity index (χ3v) is 3.62. The molecule has 1 aliphatic rings. The van der Waals surface area contributed by atoms with Crippen LogP contribution in [0.2, 0.25) is 0 Å². The van der Waals surface area contributed by atoms with Gasteiger partial charge in [0.1, 0.15) is 0 Å². The van der Waals surface area contributed by atoms with Crippen LogP contribution in [-0.2, 0) is 11.3 Å². The Hall–Kier alpha value is -0.860. The van der Waals surface area contributed by atoms with E-state index in [1.807, 2.05) is 0 Å². The van der Waals surface area contributed by atoms with Crippen LogP contribution in [0.4, 0.5) is 0 Å². The van der Waals surface area contributed by atoms with E-state index >= 15 is 0 Å². The molecule has 1 N–H and O–H groups in total. The maximum Gasteiger partial charge on any atom is 0.0722 e. The number of ether oxygens (including phenoxy) is 1. The first-order chi connectivity index (χ1) is 8.27. The van der Waals surface area contributed by atoms with Crippen LogP contribution >= 0.6 is 0 Å². The fourth-order valence-electron chi connectivity index (χ4n) is 2.45. The highest BCUT2D eigenvalue weighted by Crippen LogP contribution is 2.15. The monoisotopic (exact) mass is 233 g/mol. The molecule has 0 aliphatic carbocycles. The number of benzene rings is 1. The first-order valence-electron chi connectivity index (χ1n) is 6.63. The summed E-state index contributed by atoms with van der Waals surface area (Å²) in [5.74, 6) is 0. The van der Waals surface area contributed by atoms with Gasteiger partial charge < -0.3 is 10.1 Å². The Morgan fingerprint density at radius 3 is 2.65 bits per heavy atom. The first-order valence-corrected chi connectivity index (χ1v) is 6.63. The number of hydrogen-bond acceptors (Lipinski definition) is 2. The summed E-state index contributed by atoms with van der Waals surface area (Å²) in [5, 5.41) is 3.51. The molecule has 2 nitrogen and oxygen atoms in total. The van der Waals surface area contributed by atoms with Gasteiger partial charge in [-0.05, 0) is 49.9 Å². The van der Waals surface area contributed by atoms with Gasteiger partial charge in [0.2, 0.25) is 0 Å². The number of nitrogens with one attached hydrogen (secondary N) is 1. The second kappa shape index (κ2) is 6.18. The summed E-state index contributed by atoms with van der Waals surface area (Å²) in [4.78, 5) is 0. The van der Waals surface area contributed by atoms with Gasteiger partial charge in [0.25, 0.3) is 0 Å². The molecule has 1 aromatic rings. The Bertz CT molecular complexity index is 336. The van der Waals surface area contributed by atoms with Crippen molar-refractivity contribution in [1.29, 1.82) is 0 Å². The summed E-state index contributed by atoms with van der Waals surface area (Å²) >= 11 is 0. The molecule has 0 spiro atoms. The van der Waals surface area contributed by atoms with E-state index in [9.17, 15) is 0 Å². The van der Waals surface area contributed by atoms with Crippen LogP contribution in [-0.4, -0.2) is 19.2 Å². The molecule has 1 heterocycles. The van der Waals surface area contributed by atoms with Gasteiger partial charge in [0.15, 0.2) is 0 Å². The standard InChI is InChI=1S/C15H23NO/c1-12-6-5-7-13(2)15(12)11-17-10-14-8-3-4-9-16-14/h5-7,14,16H,3-4,8-11H2,1-2H3. The van der Waals surface area contributed by atoms with Crippen molar-refractivity contribution >= 4 is 0 Å². The maximum absolute atomic E-state index is 5.86. The minimum absolute atomic E-state index is 0.563. The number of hydrogen-bond donors (Lipinski definition) is 1. The van der Waals surface area contributed by atoms with Gasteiger partial charge in [0, 0.05) is 6.04 Å². The molecule has 2 heteroatoms. The molecule has 1 fully saturated rings. The molecule has 1 saturated heterocycles. The van der Waals surface area contributed by atoms with Crippen LogP contribution in [0.15, 0.2) is 18.2 Å². The van der Waals surface area contributed by atoms with Crippen molar-refractivity contribution in [3.63, 3.8) is 0 Å². The minimum Gasteiger partial charge on any atom is -0.375 e. The van der Waals surface area contributed by atoms with E-state index in [1.165, 1.54) is 36.0 Å². The second-order valence-electron chi connectivity index (χ2n) is 5.03. The topological polar surface area (TPSA) is 21.3 Å². The van der Waals surface area contributed by atoms with Crippen molar-refractivity contribution in [3.8, 4) is 0 Å². The lowest BCUT2D eigenvalue weighted by Crippen LogP contribution is -2.37. The lowest BCUT2D eigenvalue weighted by atomic mass is 10.0. The fraction of sp³-hybridized carbons (Fsp3) is 0.600. The highest BCUT2D eigenvalue weighted by atomic mass is 16.5. The summed E-state index contributed by atoms with van der Waals surface area (Å²) in [7, 11) is 0. The molecule has 1 aromatic carbocycles. The summed E-state index contributed by atoms with van der Waals surface area (Å²) in [6.45, 7) is 7.05. The van der Waals surface area contributed by atoms with Crippen LogP contribution < -0.4 is 5.32 Å². The lowest BCUT2D eigenvalue weighted by molar-refractivity contribution is 0.0905. The Balaban J connectivity index is 1.81. The SMILES string of the molecule is Cc1cccc(C)c1COCC1CCCCN1. The molecule has 0 aromatic heterocycles. The molecular formula is C15H23NO.